The van der Waals surface area contributed by atoms with Crippen molar-refractivity contribution in [1.29, 1.82) is 0 Å². The van der Waals surface area contributed by atoms with Crippen molar-refractivity contribution in [3.8, 4) is 0 Å². The highest BCUT2D eigenvalue weighted by molar-refractivity contribution is 6.30. The largest absolute Gasteiger partial charge is 0.480 e. The predicted molar refractivity (Wildman–Crippen MR) is 74.3 cm³/mol. The molecule has 0 heterocycles. The Bertz CT molecular complexity index is 431. The molecule has 1 aromatic carbocycles. The second-order valence-electron chi connectivity index (χ2n) is 4.34. The van der Waals surface area contributed by atoms with Gasteiger partial charge in [0, 0.05) is 18.0 Å². The summed E-state index contributed by atoms with van der Waals surface area (Å²) in [5.74, 6) is -1.10. The fraction of sp³-hybridized carbons (Fsp3) is 0.429. The molecule has 4 nitrogen and oxygen atoms in total. The summed E-state index contributed by atoms with van der Waals surface area (Å²) in [6, 6.07) is 7.30. The Labute approximate surface area is 118 Å². The quantitative estimate of drug-likeness (QED) is 0.837. The Kier molecular flexibility index (Phi) is 6.36. The summed E-state index contributed by atoms with van der Waals surface area (Å²) in [6.07, 6.45) is 1.66. The van der Waals surface area contributed by atoms with Crippen molar-refractivity contribution >= 4 is 23.5 Å². The predicted octanol–water partition coefficient (Wildman–Crippen LogP) is 2.60. The zero-order valence-corrected chi connectivity index (χ0v) is 11.7. The molecule has 0 spiro atoms. The molecule has 0 atom stereocenters. The molecule has 1 N–H and O–H groups in total. The van der Waals surface area contributed by atoms with Crippen LogP contribution < -0.4 is 0 Å². The molecule has 0 radical (unpaired) electrons. The van der Waals surface area contributed by atoms with Crippen molar-refractivity contribution in [2.24, 2.45) is 0 Å². The monoisotopic (exact) mass is 283 g/mol. The van der Waals surface area contributed by atoms with Crippen LogP contribution in [0.2, 0.25) is 5.02 Å². The molecule has 0 saturated heterocycles. The van der Waals surface area contributed by atoms with Gasteiger partial charge in [0.05, 0.1) is 0 Å². The Morgan fingerprint density at radius 2 is 1.89 bits per heavy atom. The van der Waals surface area contributed by atoms with Crippen molar-refractivity contribution < 1.29 is 14.7 Å². The summed E-state index contributed by atoms with van der Waals surface area (Å²) in [4.78, 5) is 24.0. The zero-order valence-electron chi connectivity index (χ0n) is 10.9. The van der Waals surface area contributed by atoms with Crippen LogP contribution in [0.25, 0.3) is 0 Å². The lowest BCUT2D eigenvalue weighted by molar-refractivity contribution is -0.144. The Balaban J connectivity index is 2.51. The lowest BCUT2D eigenvalue weighted by Gasteiger charge is -2.19. The van der Waals surface area contributed by atoms with Gasteiger partial charge in [-0.1, -0.05) is 30.7 Å². The van der Waals surface area contributed by atoms with Crippen LogP contribution in [0.15, 0.2) is 24.3 Å². The number of halogens is 1. The van der Waals surface area contributed by atoms with Gasteiger partial charge in [-0.3, -0.25) is 9.59 Å². The number of carboxylic acid groups (broad SMARTS) is 1. The molecular formula is C14H18ClNO3. The number of nitrogens with zero attached hydrogens (tertiary/aromatic N) is 1. The highest BCUT2D eigenvalue weighted by atomic mass is 35.5. The number of aliphatic carboxylic acids is 1. The van der Waals surface area contributed by atoms with Crippen molar-refractivity contribution in [3.63, 3.8) is 0 Å². The third-order valence-corrected chi connectivity index (χ3v) is 2.97. The van der Waals surface area contributed by atoms with E-state index >= 15 is 0 Å². The Hall–Kier alpha value is -1.55. The number of benzene rings is 1. The number of aryl methyl sites for hydroxylation is 1. The average Bonchev–Trinajstić information content (AvgIpc) is 2.37. The SMILES string of the molecule is CCCN(CC(=O)O)C(=O)CCc1ccc(Cl)cc1. The van der Waals surface area contributed by atoms with Crippen LogP contribution in [-0.2, 0) is 16.0 Å². The second-order valence-corrected chi connectivity index (χ2v) is 4.77. The molecule has 19 heavy (non-hydrogen) atoms. The summed E-state index contributed by atoms with van der Waals surface area (Å²) in [5.41, 5.74) is 1.02. The van der Waals surface area contributed by atoms with Gasteiger partial charge in [-0.15, -0.1) is 0 Å². The molecule has 0 bridgehead atoms. The normalized spacial score (nSPS) is 10.2. The van der Waals surface area contributed by atoms with Crippen LogP contribution >= 0.6 is 11.6 Å². The van der Waals surface area contributed by atoms with Crippen molar-refractivity contribution in [2.75, 3.05) is 13.1 Å². The number of carboxylic acids is 1. The van der Waals surface area contributed by atoms with Crippen LogP contribution in [0, 0.1) is 0 Å². The first-order valence-corrected chi connectivity index (χ1v) is 6.64. The number of carbonyl (C=O) groups is 2. The van der Waals surface area contributed by atoms with E-state index in [1.165, 1.54) is 4.90 Å². The van der Waals surface area contributed by atoms with Crippen molar-refractivity contribution in [2.45, 2.75) is 26.2 Å². The minimum atomic E-state index is -0.978. The van der Waals surface area contributed by atoms with E-state index in [1.54, 1.807) is 12.1 Å². The van der Waals surface area contributed by atoms with E-state index in [4.69, 9.17) is 16.7 Å². The molecule has 5 heteroatoms. The highest BCUT2D eigenvalue weighted by Crippen LogP contribution is 2.11. The third kappa shape index (κ3) is 5.75. The maximum absolute atomic E-state index is 11.9. The lowest BCUT2D eigenvalue weighted by atomic mass is 10.1. The number of amides is 1. The van der Waals surface area contributed by atoms with Crippen LogP contribution in [0.1, 0.15) is 25.3 Å². The molecule has 0 aliphatic carbocycles. The van der Waals surface area contributed by atoms with E-state index in [0.29, 0.717) is 24.4 Å². The smallest absolute Gasteiger partial charge is 0.323 e. The number of carbonyl (C=O) groups excluding carboxylic acids is 1. The van der Waals surface area contributed by atoms with Gasteiger partial charge in [0.2, 0.25) is 5.91 Å². The first kappa shape index (κ1) is 15.5. The standard InChI is InChI=1S/C14H18ClNO3/c1-2-9-16(10-14(18)19)13(17)8-5-11-3-6-12(15)7-4-11/h3-4,6-7H,2,5,8-10H2,1H3,(H,18,19). The van der Waals surface area contributed by atoms with Gasteiger partial charge in [0.25, 0.3) is 0 Å². The van der Waals surface area contributed by atoms with Crippen LogP contribution in [0.3, 0.4) is 0 Å². The topological polar surface area (TPSA) is 57.6 Å². The minimum absolute atomic E-state index is 0.126. The molecule has 0 unspecified atom stereocenters. The molecular weight excluding hydrogens is 266 g/mol. The maximum atomic E-state index is 11.9. The van der Waals surface area contributed by atoms with E-state index in [2.05, 4.69) is 0 Å². The van der Waals surface area contributed by atoms with Gasteiger partial charge in [-0.05, 0) is 30.5 Å². The zero-order chi connectivity index (χ0) is 14.3. The van der Waals surface area contributed by atoms with Gasteiger partial charge >= 0.3 is 5.97 Å². The molecule has 0 fully saturated rings. The molecule has 1 amide bonds. The summed E-state index contributed by atoms with van der Waals surface area (Å²) < 4.78 is 0. The van der Waals surface area contributed by atoms with E-state index in [1.807, 2.05) is 19.1 Å². The van der Waals surface area contributed by atoms with E-state index in [9.17, 15) is 9.59 Å². The number of rotatable bonds is 7. The molecule has 0 aromatic heterocycles. The molecule has 0 saturated carbocycles. The molecule has 1 aromatic rings. The average molecular weight is 284 g/mol. The van der Waals surface area contributed by atoms with Crippen molar-refractivity contribution in [3.05, 3.63) is 34.9 Å². The summed E-state index contributed by atoms with van der Waals surface area (Å²) >= 11 is 5.78. The fourth-order valence-corrected chi connectivity index (χ4v) is 1.91. The molecule has 104 valence electrons. The van der Waals surface area contributed by atoms with E-state index in [0.717, 1.165) is 12.0 Å². The first-order valence-electron chi connectivity index (χ1n) is 6.27. The van der Waals surface area contributed by atoms with Crippen LogP contribution in [-0.4, -0.2) is 35.0 Å². The summed E-state index contributed by atoms with van der Waals surface area (Å²) in [6.45, 7) is 2.17. The molecule has 0 aliphatic rings. The highest BCUT2D eigenvalue weighted by Gasteiger charge is 2.15. The van der Waals surface area contributed by atoms with Gasteiger partial charge in [-0.2, -0.15) is 0 Å². The first-order chi connectivity index (χ1) is 9.02. The van der Waals surface area contributed by atoms with Crippen LogP contribution in [0.4, 0.5) is 0 Å². The molecule has 0 aliphatic heterocycles. The lowest BCUT2D eigenvalue weighted by Crippen LogP contribution is -2.36. The van der Waals surface area contributed by atoms with Gasteiger partial charge in [0.15, 0.2) is 0 Å². The number of hydrogen-bond donors (Lipinski definition) is 1. The molecule has 1 rings (SSSR count). The third-order valence-electron chi connectivity index (χ3n) is 2.71. The van der Waals surface area contributed by atoms with E-state index in [-0.39, 0.29) is 12.5 Å². The van der Waals surface area contributed by atoms with Gasteiger partial charge in [0.1, 0.15) is 6.54 Å². The maximum Gasteiger partial charge on any atom is 0.323 e. The van der Waals surface area contributed by atoms with Crippen molar-refractivity contribution in [1.82, 2.24) is 4.90 Å². The Morgan fingerprint density at radius 1 is 1.26 bits per heavy atom. The minimum Gasteiger partial charge on any atom is -0.480 e. The Morgan fingerprint density at radius 3 is 2.42 bits per heavy atom. The fourth-order valence-electron chi connectivity index (χ4n) is 1.79. The summed E-state index contributed by atoms with van der Waals surface area (Å²) in [7, 11) is 0. The van der Waals surface area contributed by atoms with Gasteiger partial charge in [-0.25, -0.2) is 0 Å². The number of hydrogen-bond acceptors (Lipinski definition) is 2. The van der Waals surface area contributed by atoms with E-state index < -0.39 is 5.97 Å². The van der Waals surface area contributed by atoms with Crippen LogP contribution in [0.5, 0.6) is 0 Å². The summed E-state index contributed by atoms with van der Waals surface area (Å²) in [5, 5.41) is 9.43. The second kappa shape index (κ2) is 7.79. The van der Waals surface area contributed by atoms with Gasteiger partial charge < -0.3 is 10.0 Å².